The predicted molar refractivity (Wildman–Crippen MR) is 100 cm³/mol. The van der Waals surface area contributed by atoms with Gasteiger partial charge in [0.2, 0.25) is 0 Å². The van der Waals surface area contributed by atoms with E-state index in [0.29, 0.717) is 0 Å². The molecule has 1 N–H and O–H groups in total. The van der Waals surface area contributed by atoms with E-state index in [1.165, 1.54) is 6.92 Å². The van der Waals surface area contributed by atoms with Crippen molar-refractivity contribution in [3.63, 3.8) is 0 Å². The minimum Gasteiger partial charge on any atom is -0.463 e. The highest BCUT2D eigenvalue weighted by atomic mass is 35.6. The molecule has 1 fully saturated rings. The first-order valence-electron chi connectivity index (χ1n) is 8.49. The summed E-state index contributed by atoms with van der Waals surface area (Å²) in [5.41, 5.74) is 0. The molecule has 5 atom stereocenters. The average molecular weight is 479 g/mol. The lowest BCUT2D eigenvalue weighted by atomic mass is 9.96. The molecule has 0 aliphatic carbocycles. The quantitative estimate of drug-likeness (QED) is 0.324. The number of ether oxygens (including phenoxy) is 5. The monoisotopic (exact) mass is 477 g/mol. The van der Waals surface area contributed by atoms with Gasteiger partial charge in [0.05, 0.1) is 0 Å². The Bertz CT molecular complexity index is 625. The van der Waals surface area contributed by atoms with Crippen LogP contribution < -0.4 is 5.32 Å². The molecule has 0 saturated carbocycles. The highest BCUT2D eigenvalue weighted by Crippen LogP contribution is 2.31. The summed E-state index contributed by atoms with van der Waals surface area (Å²) in [5, 5.41) is 2.38. The molecule has 29 heavy (non-hydrogen) atoms. The van der Waals surface area contributed by atoms with Crippen molar-refractivity contribution >= 4 is 58.6 Å². The van der Waals surface area contributed by atoms with Crippen LogP contribution in [0.4, 0.5) is 0 Å². The second-order valence-electron chi connectivity index (χ2n) is 5.95. The Hall–Kier alpha value is -1.33. The summed E-state index contributed by atoms with van der Waals surface area (Å²) >= 11 is 16.8. The van der Waals surface area contributed by atoms with Gasteiger partial charge in [0.1, 0.15) is 18.8 Å². The number of carbonyl (C=O) groups excluding carboxylic acids is 4. The molecule has 10 nitrogen and oxygen atoms in total. The first-order valence-corrected chi connectivity index (χ1v) is 9.62. The summed E-state index contributed by atoms with van der Waals surface area (Å²) in [7, 11) is 0. The van der Waals surface area contributed by atoms with Crippen molar-refractivity contribution in [2.75, 3.05) is 13.2 Å². The predicted octanol–water partition coefficient (Wildman–Crippen LogP) is 1.03. The molecule has 0 bridgehead atoms. The van der Waals surface area contributed by atoms with E-state index in [1.54, 1.807) is 6.92 Å². The molecule has 1 saturated heterocycles. The van der Waals surface area contributed by atoms with Crippen LogP contribution in [0.3, 0.4) is 0 Å². The van der Waals surface area contributed by atoms with Crippen LogP contribution in [-0.4, -0.2) is 71.5 Å². The average Bonchev–Trinajstić information content (AvgIpc) is 2.56. The lowest BCUT2D eigenvalue weighted by Gasteiger charge is -2.45. The highest BCUT2D eigenvalue weighted by molar-refractivity contribution is 6.76. The van der Waals surface area contributed by atoms with Gasteiger partial charge >= 0.3 is 17.9 Å². The Morgan fingerprint density at radius 1 is 0.966 bits per heavy atom. The smallest absolute Gasteiger partial charge is 0.303 e. The van der Waals surface area contributed by atoms with Gasteiger partial charge in [-0.3, -0.25) is 19.2 Å². The third kappa shape index (κ3) is 8.13. The third-order valence-electron chi connectivity index (χ3n) is 3.59. The first kappa shape index (κ1) is 25.7. The topological polar surface area (TPSA) is 126 Å². The number of hydrogen-bond donors (Lipinski definition) is 1. The summed E-state index contributed by atoms with van der Waals surface area (Å²) in [5.74, 6) is -3.13. The van der Waals surface area contributed by atoms with E-state index in [9.17, 15) is 19.2 Å². The summed E-state index contributed by atoms with van der Waals surface area (Å²) in [4.78, 5) is 46.7. The number of halogens is 3. The number of alkyl halides is 3. The normalized spacial score (nSPS) is 26.9. The molecule has 166 valence electrons. The maximum atomic E-state index is 12.2. The second-order valence-corrected chi connectivity index (χ2v) is 8.23. The van der Waals surface area contributed by atoms with Gasteiger partial charge in [-0.25, -0.2) is 0 Å². The van der Waals surface area contributed by atoms with Crippen LogP contribution in [0.15, 0.2) is 0 Å². The van der Waals surface area contributed by atoms with Gasteiger partial charge in [0.15, 0.2) is 18.5 Å². The Kier molecular flexibility index (Phi) is 9.90. The van der Waals surface area contributed by atoms with E-state index < -0.39 is 58.3 Å². The van der Waals surface area contributed by atoms with Crippen LogP contribution in [0.2, 0.25) is 0 Å². The fourth-order valence-corrected chi connectivity index (χ4v) is 2.76. The van der Waals surface area contributed by atoms with Crippen LogP contribution in [0.5, 0.6) is 0 Å². The molecule has 0 unspecified atom stereocenters. The molecule has 0 aromatic heterocycles. The van der Waals surface area contributed by atoms with Crippen molar-refractivity contribution in [2.24, 2.45) is 0 Å². The number of carbonyl (C=O) groups is 4. The lowest BCUT2D eigenvalue weighted by Crippen LogP contribution is -2.67. The largest absolute Gasteiger partial charge is 0.463 e. The van der Waals surface area contributed by atoms with E-state index in [2.05, 4.69) is 5.32 Å². The van der Waals surface area contributed by atoms with Crippen molar-refractivity contribution in [1.29, 1.82) is 0 Å². The summed E-state index contributed by atoms with van der Waals surface area (Å²) in [6.07, 6.45) is -4.82. The molecule has 1 rings (SSSR count). The molecule has 0 aromatic rings. The molecular weight excluding hydrogens is 457 g/mol. The van der Waals surface area contributed by atoms with E-state index in [4.69, 9.17) is 58.5 Å². The van der Waals surface area contributed by atoms with Crippen LogP contribution in [-0.2, 0) is 42.9 Å². The molecule has 1 amide bonds. The standard InChI is InChI=1S/C16H22Cl3NO9/c1-5-25-14-11(20-15(24)16(17,18)19)13(28-9(4)23)12(27-8(3)22)10(29-14)6-26-7(2)21/h10-14H,5-6H2,1-4H3,(H,20,24)/t10-,11+,12+,13-,14+/m1/s1. The summed E-state index contributed by atoms with van der Waals surface area (Å²) in [6, 6.07) is -1.21. The zero-order chi connectivity index (χ0) is 22.4. The summed E-state index contributed by atoms with van der Waals surface area (Å²) in [6.45, 7) is 4.87. The molecule has 0 radical (unpaired) electrons. The van der Waals surface area contributed by atoms with Gasteiger partial charge in [0.25, 0.3) is 9.70 Å². The van der Waals surface area contributed by atoms with E-state index in [0.717, 1.165) is 13.8 Å². The van der Waals surface area contributed by atoms with Crippen LogP contribution in [0, 0.1) is 0 Å². The maximum absolute atomic E-state index is 12.2. The van der Waals surface area contributed by atoms with Crippen LogP contribution in [0.25, 0.3) is 0 Å². The SMILES string of the molecule is CCO[C@H]1O[C@H](COC(C)=O)[C@H](OC(C)=O)[C@H](OC(C)=O)[C@@H]1NC(=O)C(Cl)(Cl)Cl. The fraction of sp³-hybridized carbons (Fsp3) is 0.750. The molecule has 0 spiro atoms. The zero-order valence-corrected chi connectivity index (χ0v) is 18.4. The number of amides is 1. The van der Waals surface area contributed by atoms with Crippen molar-refractivity contribution in [3.05, 3.63) is 0 Å². The van der Waals surface area contributed by atoms with Crippen molar-refractivity contribution in [2.45, 2.75) is 62.1 Å². The molecule has 1 aliphatic rings. The van der Waals surface area contributed by atoms with E-state index >= 15 is 0 Å². The van der Waals surface area contributed by atoms with Gasteiger partial charge in [-0.15, -0.1) is 0 Å². The third-order valence-corrected chi connectivity index (χ3v) is 4.10. The molecule has 1 aliphatic heterocycles. The molecule has 1 heterocycles. The van der Waals surface area contributed by atoms with Crippen LogP contribution in [0.1, 0.15) is 27.7 Å². The molecule has 0 aromatic carbocycles. The van der Waals surface area contributed by atoms with E-state index in [-0.39, 0.29) is 13.2 Å². The van der Waals surface area contributed by atoms with Crippen molar-refractivity contribution in [3.8, 4) is 0 Å². The molecule has 13 heteroatoms. The second kappa shape index (κ2) is 11.2. The van der Waals surface area contributed by atoms with Crippen molar-refractivity contribution < 1.29 is 42.9 Å². The minimum absolute atomic E-state index is 0.135. The van der Waals surface area contributed by atoms with Gasteiger partial charge in [0, 0.05) is 27.4 Å². The minimum atomic E-state index is -2.33. The highest BCUT2D eigenvalue weighted by Gasteiger charge is 2.52. The number of hydrogen-bond acceptors (Lipinski definition) is 9. The van der Waals surface area contributed by atoms with E-state index in [1.807, 2.05) is 0 Å². The van der Waals surface area contributed by atoms with Gasteiger partial charge in [-0.2, -0.15) is 0 Å². The first-order chi connectivity index (χ1) is 13.4. The fourth-order valence-electron chi connectivity index (χ4n) is 2.60. The summed E-state index contributed by atoms with van der Waals surface area (Å²) < 4.78 is 24.3. The van der Waals surface area contributed by atoms with Gasteiger partial charge < -0.3 is 29.0 Å². The Labute approximate surface area is 182 Å². The Morgan fingerprint density at radius 3 is 1.97 bits per heavy atom. The Balaban J connectivity index is 3.31. The van der Waals surface area contributed by atoms with Crippen molar-refractivity contribution in [1.82, 2.24) is 5.32 Å². The van der Waals surface area contributed by atoms with Gasteiger partial charge in [-0.05, 0) is 6.92 Å². The van der Waals surface area contributed by atoms with Gasteiger partial charge in [-0.1, -0.05) is 34.8 Å². The number of nitrogens with one attached hydrogen (secondary N) is 1. The molecular formula is C16H22Cl3NO9. The maximum Gasteiger partial charge on any atom is 0.303 e. The number of esters is 3. The zero-order valence-electron chi connectivity index (χ0n) is 16.1. The Morgan fingerprint density at radius 2 is 1.52 bits per heavy atom. The van der Waals surface area contributed by atoms with Crippen LogP contribution >= 0.6 is 34.8 Å². The number of rotatable bonds is 7. The lowest BCUT2D eigenvalue weighted by molar-refractivity contribution is -0.276.